The Balaban J connectivity index is 2.26. The van der Waals surface area contributed by atoms with Crippen molar-refractivity contribution in [1.29, 1.82) is 0 Å². The zero-order valence-electron chi connectivity index (χ0n) is 12.5. The number of halogens is 2. The lowest BCUT2D eigenvalue weighted by Crippen LogP contribution is -2.54. The summed E-state index contributed by atoms with van der Waals surface area (Å²) in [5, 5.41) is 5.80. The van der Waals surface area contributed by atoms with E-state index in [2.05, 4.69) is 10.6 Å². The zero-order chi connectivity index (χ0) is 15.6. The SMILES string of the molecule is CC(C)NCc1cc(F)c(N2CCNC(=O)C2C)c(F)c1. The van der Waals surface area contributed by atoms with E-state index in [4.69, 9.17) is 0 Å². The third-order valence-corrected chi connectivity index (χ3v) is 3.58. The molecule has 4 nitrogen and oxygen atoms in total. The summed E-state index contributed by atoms with van der Waals surface area (Å²) in [5.41, 5.74) is 0.433. The molecule has 0 saturated carbocycles. The van der Waals surface area contributed by atoms with Crippen LogP contribution in [0, 0.1) is 11.6 Å². The van der Waals surface area contributed by atoms with Crippen molar-refractivity contribution in [3.63, 3.8) is 0 Å². The maximum atomic E-state index is 14.3. The van der Waals surface area contributed by atoms with Gasteiger partial charge in [0.1, 0.15) is 23.4 Å². The van der Waals surface area contributed by atoms with Gasteiger partial charge in [-0.3, -0.25) is 4.79 Å². The van der Waals surface area contributed by atoms with Crippen LogP contribution in [0.4, 0.5) is 14.5 Å². The summed E-state index contributed by atoms with van der Waals surface area (Å²) in [6.45, 7) is 6.76. The first-order valence-electron chi connectivity index (χ1n) is 7.15. The number of benzene rings is 1. The van der Waals surface area contributed by atoms with Crippen molar-refractivity contribution >= 4 is 11.6 Å². The van der Waals surface area contributed by atoms with Gasteiger partial charge in [0.25, 0.3) is 0 Å². The topological polar surface area (TPSA) is 44.4 Å². The molecule has 1 saturated heterocycles. The van der Waals surface area contributed by atoms with Crippen LogP contribution in [-0.2, 0) is 11.3 Å². The summed E-state index contributed by atoms with van der Waals surface area (Å²) in [4.78, 5) is 13.1. The van der Waals surface area contributed by atoms with Crippen molar-refractivity contribution in [1.82, 2.24) is 10.6 Å². The molecular formula is C15H21F2N3O. The van der Waals surface area contributed by atoms with Crippen LogP contribution >= 0.6 is 0 Å². The fourth-order valence-electron chi connectivity index (χ4n) is 2.40. The van der Waals surface area contributed by atoms with Crippen molar-refractivity contribution in [2.24, 2.45) is 0 Å². The molecular weight excluding hydrogens is 276 g/mol. The molecule has 21 heavy (non-hydrogen) atoms. The van der Waals surface area contributed by atoms with E-state index < -0.39 is 17.7 Å². The summed E-state index contributed by atoms with van der Waals surface area (Å²) in [7, 11) is 0. The van der Waals surface area contributed by atoms with Gasteiger partial charge in [-0.1, -0.05) is 13.8 Å². The molecule has 0 aliphatic carbocycles. The van der Waals surface area contributed by atoms with Gasteiger partial charge < -0.3 is 15.5 Å². The quantitative estimate of drug-likeness (QED) is 0.890. The van der Waals surface area contributed by atoms with Crippen LogP contribution in [-0.4, -0.2) is 31.1 Å². The molecule has 1 unspecified atom stereocenters. The van der Waals surface area contributed by atoms with E-state index in [0.29, 0.717) is 25.2 Å². The van der Waals surface area contributed by atoms with Gasteiger partial charge in [-0.2, -0.15) is 0 Å². The van der Waals surface area contributed by atoms with E-state index in [9.17, 15) is 13.6 Å². The van der Waals surface area contributed by atoms with Gasteiger partial charge in [-0.25, -0.2) is 8.78 Å². The molecule has 1 aliphatic rings. The van der Waals surface area contributed by atoms with E-state index >= 15 is 0 Å². The fraction of sp³-hybridized carbons (Fsp3) is 0.533. The van der Waals surface area contributed by atoms with Crippen LogP contribution < -0.4 is 15.5 Å². The number of nitrogens with one attached hydrogen (secondary N) is 2. The summed E-state index contributed by atoms with van der Waals surface area (Å²) < 4.78 is 28.6. The Morgan fingerprint density at radius 3 is 2.57 bits per heavy atom. The van der Waals surface area contributed by atoms with Crippen LogP contribution in [0.3, 0.4) is 0 Å². The molecule has 1 fully saturated rings. The average molecular weight is 297 g/mol. The third kappa shape index (κ3) is 3.50. The Hall–Kier alpha value is -1.69. The maximum absolute atomic E-state index is 14.3. The predicted octanol–water partition coefficient (Wildman–Crippen LogP) is 1.79. The highest BCUT2D eigenvalue weighted by atomic mass is 19.1. The number of carbonyl (C=O) groups excluding carboxylic acids is 1. The van der Waals surface area contributed by atoms with Crippen molar-refractivity contribution < 1.29 is 13.6 Å². The lowest BCUT2D eigenvalue weighted by Gasteiger charge is -2.35. The highest BCUT2D eigenvalue weighted by Gasteiger charge is 2.29. The molecule has 2 rings (SSSR count). The van der Waals surface area contributed by atoms with Crippen molar-refractivity contribution in [3.8, 4) is 0 Å². The van der Waals surface area contributed by atoms with E-state index in [1.54, 1.807) is 6.92 Å². The molecule has 1 aromatic carbocycles. The van der Waals surface area contributed by atoms with Gasteiger partial charge >= 0.3 is 0 Å². The van der Waals surface area contributed by atoms with Crippen molar-refractivity contribution in [2.45, 2.75) is 39.4 Å². The molecule has 6 heteroatoms. The maximum Gasteiger partial charge on any atom is 0.242 e. The fourth-order valence-corrected chi connectivity index (χ4v) is 2.40. The van der Waals surface area contributed by atoms with Gasteiger partial charge in [0.15, 0.2) is 0 Å². The normalized spacial score (nSPS) is 19.0. The minimum atomic E-state index is -0.628. The smallest absolute Gasteiger partial charge is 0.242 e. The number of rotatable bonds is 4. The van der Waals surface area contributed by atoms with E-state index in [1.165, 1.54) is 17.0 Å². The number of piperazine rings is 1. The summed E-state index contributed by atoms with van der Waals surface area (Å²) in [6, 6.07) is 2.31. The Bertz CT molecular complexity index is 511. The van der Waals surface area contributed by atoms with Crippen LogP contribution in [0.1, 0.15) is 26.3 Å². The van der Waals surface area contributed by atoms with Crippen molar-refractivity contribution in [2.75, 3.05) is 18.0 Å². The highest BCUT2D eigenvalue weighted by molar-refractivity contribution is 5.86. The lowest BCUT2D eigenvalue weighted by atomic mass is 10.1. The molecule has 2 N–H and O–H groups in total. The molecule has 1 atom stereocenters. The van der Waals surface area contributed by atoms with Gasteiger partial charge in [0, 0.05) is 25.7 Å². The Morgan fingerprint density at radius 2 is 2.00 bits per heavy atom. The Morgan fingerprint density at radius 1 is 1.38 bits per heavy atom. The number of hydrogen-bond donors (Lipinski definition) is 2. The summed E-state index contributed by atoms with van der Waals surface area (Å²) in [5.74, 6) is -1.47. The number of hydrogen-bond acceptors (Lipinski definition) is 3. The standard InChI is InChI=1S/C15H21F2N3O/c1-9(2)19-8-11-6-12(16)14(13(17)7-11)20-5-4-18-15(21)10(20)3/h6-7,9-10,19H,4-5,8H2,1-3H3,(H,18,21). The largest absolute Gasteiger partial charge is 0.353 e. The van der Waals surface area contributed by atoms with Gasteiger partial charge in [-0.05, 0) is 24.6 Å². The van der Waals surface area contributed by atoms with Gasteiger partial charge in [0.2, 0.25) is 5.91 Å². The second-order valence-electron chi connectivity index (χ2n) is 5.60. The van der Waals surface area contributed by atoms with Gasteiger partial charge in [-0.15, -0.1) is 0 Å². The molecule has 0 bridgehead atoms. The number of anilines is 1. The zero-order valence-corrected chi connectivity index (χ0v) is 12.5. The minimum absolute atomic E-state index is 0.120. The Labute approximate surface area is 123 Å². The monoisotopic (exact) mass is 297 g/mol. The summed E-state index contributed by atoms with van der Waals surface area (Å²) in [6.07, 6.45) is 0. The minimum Gasteiger partial charge on any atom is -0.353 e. The van der Waals surface area contributed by atoms with E-state index in [-0.39, 0.29) is 17.6 Å². The van der Waals surface area contributed by atoms with Crippen LogP contribution in [0.2, 0.25) is 0 Å². The number of amides is 1. The number of carbonyl (C=O) groups is 1. The molecule has 116 valence electrons. The highest BCUT2D eigenvalue weighted by Crippen LogP contribution is 2.27. The molecule has 1 aliphatic heterocycles. The molecule has 0 radical (unpaired) electrons. The predicted molar refractivity (Wildman–Crippen MR) is 78.2 cm³/mol. The molecule has 0 spiro atoms. The van der Waals surface area contributed by atoms with Crippen LogP contribution in [0.15, 0.2) is 12.1 Å². The van der Waals surface area contributed by atoms with Crippen LogP contribution in [0.25, 0.3) is 0 Å². The van der Waals surface area contributed by atoms with Crippen molar-refractivity contribution in [3.05, 3.63) is 29.3 Å². The first-order valence-corrected chi connectivity index (χ1v) is 7.15. The van der Waals surface area contributed by atoms with Gasteiger partial charge in [0.05, 0.1) is 0 Å². The van der Waals surface area contributed by atoms with Crippen LogP contribution in [0.5, 0.6) is 0 Å². The first-order chi connectivity index (χ1) is 9.90. The first kappa shape index (κ1) is 15.7. The number of nitrogens with zero attached hydrogens (tertiary/aromatic N) is 1. The lowest BCUT2D eigenvalue weighted by molar-refractivity contribution is -0.122. The molecule has 1 amide bonds. The van der Waals surface area contributed by atoms with E-state index in [0.717, 1.165) is 0 Å². The summed E-state index contributed by atoms with van der Waals surface area (Å²) >= 11 is 0. The molecule has 1 aromatic rings. The Kier molecular flexibility index (Phi) is 4.77. The second kappa shape index (κ2) is 6.39. The second-order valence-corrected chi connectivity index (χ2v) is 5.60. The third-order valence-electron chi connectivity index (χ3n) is 3.58. The molecule has 1 heterocycles. The van der Waals surface area contributed by atoms with E-state index in [1.807, 2.05) is 13.8 Å². The average Bonchev–Trinajstić information content (AvgIpc) is 2.40. The molecule has 0 aromatic heterocycles.